The van der Waals surface area contributed by atoms with Crippen LogP contribution in [0.25, 0.3) is 0 Å². The van der Waals surface area contributed by atoms with Crippen LogP contribution in [0.4, 0.5) is 11.5 Å². The maximum absolute atomic E-state index is 12.5. The lowest BCUT2D eigenvalue weighted by molar-refractivity contribution is 0.0383. The smallest absolute Gasteiger partial charge is 0.270 e. The molecule has 150 valence electrons. The van der Waals surface area contributed by atoms with Crippen LogP contribution in [0.5, 0.6) is 0 Å². The molecule has 0 aliphatic carbocycles. The Bertz CT molecular complexity index is 768. The van der Waals surface area contributed by atoms with Gasteiger partial charge in [0.1, 0.15) is 17.8 Å². The summed E-state index contributed by atoms with van der Waals surface area (Å²) < 4.78 is 5.34. The van der Waals surface area contributed by atoms with Gasteiger partial charge in [0, 0.05) is 37.9 Å². The number of hydrogen-bond donors (Lipinski definition) is 2. The fraction of sp³-hybridized carbons (Fsp3) is 0.476. The molecule has 2 aromatic rings. The first kappa shape index (κ1) is 20.2. The second kappa shape index (κ2) is 10.1. The summed E-state index contributed by atoms with van der Waals surface area (Å²) in [5.74, 6) is 0.446. The minimum Gasteiger partial charge on any atom is -0.379 e. The molecule has 0 saturated carbocycles. The lowest BCUT2D eigenvalue weighted by atomic mass is 10.0. The van der Waals surface area contributed by atoms with Crippen molar-refractivity contribution >= 4 is 17.4 Å². The van der Waals surface area contributed by atoms with Crippen LogP contribution in [-0.2, 0) is 17.6 Å². The Hall–Kier alpha value is -2.51. The van der Waals surface area contributed by atoms with Crippen molar-refractivity contribution in [3.63, 3.8) is 0 Å². The van der Waals surface area contributed by atoms with Crippen LogP contribution in [0.3, 0.4) is 0 Å². The van der Waals surface area contributed by atoms with Crippen LogP contribution >= 0.6 is 0 Å². The van der Waals surface area contributed by atoms with Crippen molar-refractivity contribution in [2.45, 2.75) is 26.7 Å². The molecule has 7 heteroatoms. The van der Waals surface area contributed by atoms with E-state index >= 15 is 0 Å². The predicted molar refractivity (Wildman–Crippen MR) is 110 cm³/mol. The third-order valence-electron chi connectivity index (χ3n) is 4.97. The molecule has 1 saturated heterocycles. The van der Waals surface area contributed by atoms with E-state index in [4.69, 9.17) is 4.74 Å². The largest absolute Gasteiger partial charge is 0.379 e. The van der Waals surface area contributed by atoms with Gasteiger partial charge >= 0.3 is 0 Å². The number of rotatable bonds is 8. The first-order valence-corrected chi connectivity index (χ1v) is 9.99. The Morgan fingerprint density at radius 2 is 1.86 bits per heavy atom. The molecule has 28 heavy (non-hydrogen) atoms. The molecule has 1 aliphatic heterocycles. The standard InChI is InChI=1S/C21H29N5O2/c1-3-16-6-5-7-17(4-2)20(16)25-19-14-18(23-15-24-19)21(27)22-8-9-26-10-12-28-13-11-26/h5-7,14-15H,3-4,8-13H2,1-2H3,(H,22,27)(H,23,24,25). The van der Waals surface area contributed by atoms with Gasteiger partial charge in [-0.3, -0.25) is 9.69 Å². The maximum atomic E-state index is 12.5. The number of nitrogens with one attached hydrogen (secondary N) is 2. The minimum absolute atomic E-state index is 0.182. The van der Waals surface area contributed by atoms with Gasteiger partial charge in [0.2, 0.25) is 0 Å². The summed E-state index contributed by atoms with van der Waals surface area (Å²) in [7, 11) is 0. The van der Waals surface area contributed by atoms with Gasteiger partial charge in [0.25, 0.3) is 5.91 Å². The van der Waals surface area contributed by atoms with E-state index in [9.17, 15) is 4.79 Å². The van der Waals surface area contributed by atoms with Gasteiger partial charge in [0.15, 0.2) is 0 Å². The Labute approximate surface area is 166 Å². The summed E-state index contributed by atoms with van der Waals surface area (Å²) in [4.78, 5) is 23.2. The Kier molecular flexibility index (Phi) is 7.33. The van der Waals surface area contributed by atoms with Crippen LogP contribution < -0.4 is 10.6 Å². The number of nitrogens with zero attached hydrogens (tertiary/aromatic N) is 3. The van der Waals surface area contributed by atoms with Crippen molar-refractivity contribution in [1.82, 2.24) is 20.2 Å². The summed E-state index contributed by atoms with van der Waals surface area (Å²) in [6.45, 7) is 9.00. The van der Waals surface area contributed by atoms with Gasteiger partial charge in [-0.15, -0.1) is 0 Å². The van der Waals surface area contributed by atoms with Crippen LogP contribution in [0, 0.1) is 0 Å². The number of hydrogen-bond acceptors (Lipinski definition) is 6. The highest BCUT2D eigenvalue weighted by Crippen LogP contribution is 2.25. The summed E-state index contributed by atoms with van der Waals surface area (Å²) in [5, 5.41) is 6.34. The molecule has 1 aliphatic rings. The predicted octanol–water partition coefficient (Wildman–Crippen LogP) is 2.41. The number of morpholine rings is 1. The summed E-state index contributed by atoms with van der Waals surface area (Å²) in [5.41, 5.74) is 3.90. The van der Waals surface area contributed by atoms with Gasteiger partial charge in [-0.1, -0.05) is 32.0 Å². The summed E-state index contributed by atoms with van der Waals surface area (Å²) in [6, 6.07) is 8.01. The Balaban J connectivity index is 1.63. The van der Waals surface area contributed by atoms with E-state index in [-0.39, 0.29) is 5.91 Å². The van der Waals surface area contributed by atoms with Gasteiger partial charge in [-0.05, 0) is 24.0 Å². The van der Waals surface area contributed by atoms with Gasteiger partial charge in [-0.2, -0.15) is 0 Å². The topological polar surface area (TPSA) is 79.4 Å². The van der Waals surface area contributed by atoms with E-state index in [2.05, 4.69) is 57.5 Å². The maximum Gasteiger partial charge on any atom is 0.270 e. The fourth-order valence-corrected chi connectivity index (χ4v) is 3.32. The van der Waals surface area contributed by atoms with E-state index in [1.165, 1.54) is 17.5 Å². The third kappa shape index (κ3) is 5.27. The van der Waals surface area contributed by atoms with Gasteiger partial charge in [0.05, 0.1) is 13.2 Å². The Morgan fingerprint density at radius 3 is 2.54 bits per heavy atom. The molecule has 0 atom stereocenters. The van der Waals surface area contributed by atoms with E-state index in [0.29, 0.717) is 18.1 Å². The number of aromatic nitrogens is 2. The molecule has 7 nitrogen and oxygen atoms in total. The molecule has 3 rings (SSSR count). The Morgan fingerprint density at radius 1 is 1.14 bits per heavy atom. The number of ether oxygens (including phenoxy) is 1. The number of anilines is 2. The molecule has 0 radical (unpaired) electrons. The van der Waals surface area contributed by atoms with E-state index < -0.39 is 0 Å². The highest BCUT2D eigenvalue weighted by atomic mass is 16.5. The number of carbonyl (C=O) groups excluding carboxylic acids is 1. The molecule has 2 N–H and O–H groups in total. The summed E-state index contributed by atoms with van der Waals surface area (Å²) in [6.07, 6.45) is 3.28. The van der Waals surface area contributed by atoms with Crippen molar-refractivity contribution in [2.75, 3.05) is 44.7 Å². The second-order valence-electron chi connectivity index (χ2n) is 6.78. The molecule has 0 bridgehead atoms. The van der Waals surface area contributed by atoms with Crippen LogP contribution in [-0.4, -0.2) is 60.2 Å². The minimum atomic E-state index is -0.182. The van der Waals surface area contributed by atoms with E-state index in [1.807, 2.05) is 0 Å². The number of aryl methyl sites for hydroxylation is 2. The molecular weight excluding hydrogens is 354 g/mol. The van der Waals surface area contributed by atoms with E-state index in [0.717, 1.165) is 51.4 Å². The van der Waals surface area contributed by atoms with Crippen LogP contribution in [0.15, 0.2) is 30.6 Å². The number of para-hydroxylation sites is 1. The zero-order chi connectivity index (χ0) is 19.8. The zero-order valence-corrected chi connectivity index (χ0v) is 16.7. The number of amides is 1. The average Bonchev–Trinajstić information content (AvgIpc) is 2.74. The lowest BCUT2D eigenvalue weighted by Crippen LogP contribution is -2.41. The first-order valence-electron chi connectivity index (χ1n) is 9.99. The molecule has 1 aromatic carbocycles. The molecule has 1 amide bonds. The SMILES string of the molecule is CCc1cccc(CC)c1Nc1cc(C(=O)NCCN2CCOCC2)ncn1. The van der Waals surface area contributed by atoms with Crippen LogP contribution in [0.1, 0.15) is 35.5 Å². The fourth-order valence-electron chi connectivity index (χ4n) is 3.32. The van der Waals surface area contributed by atoms with Crippen LogP contribution in [0.2, 0.25) is 0 Å². The quantitative estimate of drug-likeness (QED) is 0.729. The number of benzene rings is 1. The number of carbonyl (C=O) groups is 1. The van der Waals surface area contributed by atoms with Crippen molar-refractivity contribution < 1.29 is 9.53 Å². The van der Waals surface area contributed by atoms with Gasteiger partial charge < -0.3 is 15.4 Å². The molecule has 0 spiro atoms. The van der Waals surface area contributed by atoms with Crippen molar-refractivity contribution in [3.05, 3.63) is 47.4 Å². The molecule has 1 aromatic heterocycles. The highest BCUT2D eigenvalue weighted by Gasteiger charge is 2.13. The molecule has 1 fully saturated rings. The molecule has 2 heterocycles. The highest BCUT2D eigenvalue weighted by molar-refractivity contribution is 5.93. The average molecular weight is 383 g/mol. The summed E-state index contributed by atoms with van der Waals surface area (Å²) >= 11 is 0. The monoisotopic (exact) mass is 383 g/mol. The molecular formula is C21H29N5O2. The van der Waals surface area contributed by atoms with Crippen molar-refractivity contribution in [1.29, 1.82) is 0 Å². The third-order valence-corrected chi connectivity index (χ3v) is 4.97. The van der Waals surface area contributed by atoms with Crippen molar-refractivity contribution in [2.24, 2.45) is 0 Å². The molecule has 0 unspecified atom stereocenters. The van der Waals surface area contributed by atoms with E-state index in [1.54, 1.807) is 6.07 Å². The second-order valence-corrected chi connectivity index (χ2v) is 6.78. The van der Waals surface area contributed by atoms with Crippen molar-refractivity contribution in [3.8, 4) is 0 Å². The van der Waals surface area contributed by atoms with Gasteiger partial charge in [-0.25, -0.2) is 9.97 Å². The lowest BCUT2D eigenvalue weighted by Gasteiger charge is -2.26. The normalized spacial score (nSPS) is 14.6. The zero-order valence-electron chi connectivity index (χ0n) is 16.7. The first-order chi connectivity index (χ1) is 13.7.